The highest BCUT2D eigenvalue weighted by atomic mass is 16.5. The molecule has 0 bridgehead atoms. The van der Waals surface area contributed by atoms with Crippen molar-refractivity contribution in [2.24, 2.45) is 14.1 Å². The first-order valence-electron chi connectivity index (χ1n) is 9.66. The van der Waals surface area contributed by atoms with Gasteiger partial charge in [0.25, 0.3) is 11.5 Å². The number of ether oxygens (including phenoxy) is 2. The molecule has 1 saturated heterocycles. The van der Waals surface area contributed by atoms with Crippen LogP contribution in [-0.4, -0.2) is 39.3 Å². The average molecular weight is 410 g/mol. The summed E-state index contributed by atoms with van der Waals surface area (Å²) in [5, 5.41) is 3.02. The van der Waals surface area contributed by atoms with Gasteiger partial charge < -0.3 is 14.8 Å². The number of fused-ring (bicyclic) bond motifs is 1. The Bertz CT molecular complexity index is 1210. The number of carbonyl (C=O) groups is 1. The lowest BCUT2D eigenvalue weighted by atomic mass is 10.2. The maximum Gasteiger partial charge on any atom is 0.332 e. The van der Waals surface area contributed by atoms with Crippen LogP contribution in [0, 0.1) is 0 Å². The molecule has 156 valence electrons. The van der Waals surface area contributed by atoms with Gasteiger partial charge in [-0.05, 0) is 49.2 Å². The number of aryl methyl sites for hydroxylation is 1. The lowest BCUT2D eigenvalue weighted by Crippen LogP contribution is -2.37. The number of anilines is 1. The number of carbonyl (C=O) groups excluding carboxylic acids is 1. The molecule has 1 aliphatic heterocycles. The molecule has 30 heavy (non-hydrogen) atoms. The van der Waals surface area contributed by atoms with Crippen molar-refractivity contribution in [1.29, 1.82) is 0 Å². The Morgan fingerprint density at radius 3 is 2.63 bits per heavy atom. The second-order valence-corrected chi connectivity index (χ2v) is 7.20. The van der Waals surface area contributed by atoms with Gasteiger partial charge >= 0.3 is 5.69 Å². The Hall–Kier alpha value is -3.46. The molecule has 3 aromatic rings. The summed E-state index contributed by atoms with van der Waals surface area (Å²) in [5.41, 5.74) is -0.121. The van der Waals surface area contributed by atoms with Crippen LogP contribution in [0.15, 0.2) is 46.0 Å². The van der Waals surface area contributed by atoms with Gasteiger partial charge in [0, 0.05) is 26.4 Å². The molecule has 0 radical (unpaired) electrons. The molecule has 3 heterocycles. The summed E-state index contributed by atoms with van der Waals surface area (Å²) in [7, 11) is 2.91. The number of pyridine rings is 1. The van der Waals surface area contributed by atoms with Crippen molar-refractivity contribution in [2.75, 3.05) is 18.5 Å². The number of nitrogens with one attached hydrogen (secondary N) is 1. The van der Waals surface area contributed by atoms with E-state index in [0.29, 0.717) is 18.0 Å². The topological polar surface area (TPSA) is 104 Å². The van der Waals surface area contributed by atoms with Crippen LogP contribution < -0.4 is 21.3 Å². The molecule has 1 aromatic carbocycles. The highest BCUT2D eigenvalue weighted by molar-refractivity contribution is 6.03. The lowest BCUT2D eigenvalue weighted by molar-refractivity contribution is 0.0679. The predicted molar refractivity (Wildman–Crippen MR) is 111 cm³/mol. The van der Waals surface area contributed by atoms with Crippen LogP contribution in [0.5, 0.6) is 5.75 Å². The average Bonchev–Trinajstić information content (AvgIpc) is 3.29. The van der Waals surface area contributed by atoms with E-state index in [9.17, 15) is 14.4 Å². The summed E-state index contributed by atoms with van der Waals surface area (Å²) >= 11 is 0. The van der Waals surface area contributed by atoms with Crippen molar-refractivity contribution in [3.05, 3.63) is 62.9 Å². The summed E-state index contributed by atoms with van der Waals surface area (Å²) < 4.78 is 13.5. The molecule has 1 aliphatic rings. The molecule has 1 atom stereocenters. The quantitative estimate of drug-likeness (QED) is 0.683. The fourth-order valence-corrected chi connectivity index (χ4v) is 3.38. The third-order valence-corrected chi connectivity index (χ3v) is 5.11. The normalized spacial score (nSPS) is 16.0. The minimum Gasteiger partial charge on any atom is -0.491 e. The Labute approximate surface area is 171 Å². The zero-order chi connectivity index (χ0) is 21.3. The number of nitrogens with zero attached hydrogens (tertiary/aromatic N) is 3. The van der Waals surface area contributed by atoms with E-state index in [0.717, 1.165) is 24.0 Å². The first-order chi connectivity index (χ1) is 14.4. The summed E-state index contributed by atoms with van der Waals surface area (Å²) in [6.45, 7) is 1.29. The fraction of sp³-hybridized carbons (Fsp3) is 0.333. The summed E-state index contributed by atoms with van der Waals surface area (Å²) in [5.74, 6) is 0.247. The SMILES string of the molecule is Cn1c(=O)c2ccc(C(=O)Nc3ccc(OC[C@H]4CCCO4)cc3)nc2n(C)c1=O. The van der Waals surface area contributed by atoms with E-state index in [4.69, 9.17) is 9.47 Å². The maximum atomic E-state index is 12.6. The molecule has 1 amide bonds. The van der Waals surface area contributed by atoms with Crippen LogP contribution in [-0.2, 0) is 18.8 Å². The van der Waals surface area contributed by atoms with Crippen LogP contribution in [0.4, 0.5) is 5.69 Å². The molecular weight excluding hydrogens is 388 g/mol. The van der Waals surface area contributed by atoms with E-state index < -0.39 is 17.2 Å². The molecule has 1 fully saturated rings. The highest BCUT2D eigenvalue weighted by Gasteiger charge is 2.16. The standard InChI is InChI=1S/C21H22N4O5/c1-24-18-16(20(27)25(2)21(24)28)9-10-17(23-18)19(26)22-13-5-7-14(8-6-13)30-12-15-4-3-11-29-15/h5-10,15H,3-4,11-12H2,1-2H3,(H,22,26)/t15-/m1/s1. The Balaban J connectivity index is 1.49. The van der Waals surface area contributed by atoms with Gasteiger partial charge in [0.05, 0.1) is 11.5 Å². The van der Waals surface area contributed by atoms with Crippen LogP contribution in [0.25, 0.3) is 11.0 Å². The van der Waals surface area contributed by atoms with Gasteiger partial charge in [0.15, 0.2) is 0 Å². The molecule has 0 aliphatic carbocycles. The maximum absolute atomic E-state index is 12.6. The van der Waals surface area contributed by atoms with Crippen LogP contribution >= 0.6 is 0 Å². The van der Waals surface area contributed by atoms with Crippen molar-refractivity contribution >= 4 is 22.6 Å². The largest absolute Gasteiger partial charge is 0.491 e. The third kappa shape index (κ3) is 3.84. The summed E-state index contributed by atoms with van der Waals surface area (Å²) in [4.78, 5) is 41.2. The van der Waals surface area contributed by atoms with E-state index in [1.807, 2.05) is 0 Å². The second kappa shape index (κ2) is 8.11. The number of amides is 1. The van der Waals surface area contributed by atoms with Crippen molar-refractivity contribution in [1.82, 2.24) is 14.1 Å². The van der Waals surface area contributed by atoms with Crippen LogP contribution in [0.3, 0.4) is 0 Å². The molecule has 9 heteroatoms. The Morgan fingerprint density at radius 2 is 1.93 bits per heavy atom. The zero-order valence-corrected chi connectivity index (χ0v) is 16.8. The summed E-state index contributed by atoms with van der Waals surface area (Å²) in [6, 6.07) is 9.96. The molecule has 0 unspecified atom stereocenters. The number of benzene rings is 1. The number of hydrogen-bond acceptors (Lipinski definition) is 6. The summed E-state index contributed by atoms with van der Waals surface area (Å²) in [6.07, 6.45) is 2.20. The van der Waals surface area contributed by atoms with Crippen molar-refractivity contribution in [3.63, 3.8) is 0 Å². The molecule has 4 rings (SSSR count). The van der Waals surface area contributed by atoms with E-state index in [1.54, 1.807) is 24.3 Å². The molecule has 0 saturated carbocycles. The minimum atomic E-state index is -0.504. The zero-order valence-electron chi connectivity index (χ0n) is 16.8. The van der Waals surface area contributed by atoms with Crippen LogP contribution in [0.2, 0.25) is 0 Å². The smallest absolute Gasteiger partial charge is 0.332 e. The molecule has 0 spiro atoms. The third-order valence-electron chi connectivity index (χ3n) is 5.11. The molecular formula is C21H22N4O5. The van der Waals surface area contributed by atoms with Gasteiger partial charge in [0.1, 0.15) is 23.7 Å². The first kappa shape index (κ1) is 19.8. The monoisotopic (exact) mass is 410 g/mol. The number of aromatic nitrogens is 3. The van der Waals surface area contributed by atoms with Crippen molar-refractivity contribution in [2.45, 2.75) is 18.9 Å². The molecule has 2 aromatic heterocycles. The van der Waals surface area contributed by atoms with Gasteiger partial charge in [-0.15, -0.1) is 0 Å². The van der Waals surface area contributed by atoms with Crippen molar-refractivity contribution in [3.8, 4) is 5.75 Å². The van der Waals surface area contributed by atoms with Gasteiger partial charge in [-0.1, -0.05) is 0 Å². The second-order valence-electron chi connectivity index (χ2n) is 7.20. The first-order valence-corrected chi connectivity index (χ1v) is 9.66. The molecule has 9 nitrogen and oxygen atoms in total. The van der Waals surface area contributed by atoms with Gasteiger partial charge in [-0.2, -0.15) is 0 Å². The highest BCUT2D eigenvalue weighted by Crippen LogP contribution is 2.19. The van der Waals surface area contributed by atoms with Crippen LogP contribution in [0.1, 0.15) is 23.3 Å². The van der Waals surface area contributed by atoms with Gasteiger partial charge in [0.2, 0.25) is 0 Å². The predicted octanol–water partition coefficient (Wildman–Crippen LogP) is 1.44. The number of rotatable bonds is 5. The molecule has 1 N–H and O–H groups in total. The fourth-order valence-electron chi connectivity index (χ4n) is 3.38. The van der Waals surface area contributed by atoms with E-state index in [2.05, 4.69) is 10.3 Å². The van der Waals surface area contributed by atoms with Gasteiger partial charge in [-0.3, -0.25) is 18.7 Å². The Kier molecular flexibility index (Phi) is 5.37. The Morgan fingerprint density at radius 1 is 1.17 bits per heavy atom. The number of hydrogen-bond donors (Lipinski definition) is 1. The minimum absolute atomic E-state index is 0.101. The van der Waals surface area contributed by atoms with Gasteiger partial charge in [-0.25, -0.2) is 9.78 Å². The van der Waals surface area contributed by atoms with E-state index in [-0.39, 0.29) is 22.8 Å². The lowest BCUT2D eigenvalue weighted by Gasteiger charge is -2.12. The van der Waals surface area contributed by atoms with Crippen molar-refractivity contribution < 1.29 is 14.3 Å². The van der Waals surface area contributed by atoms with E-state index in [1.165, 1.54) is 30.8 Å². The van der Waals surface area contributed by atoms with E-state index >= 15 is 0 Å².